The van der Waals surface area contributed by atoms with Gasteiger partial charge in [0, 0.05) is 39.3 Å². The zero-order chi connectivity index (χ0) is 14.9. The van der Waals surface area contributed by atoms with Crippen LogP contribution in [0.15, 0.2) is 18.3 Å². The molecule has 0 saturated carbocycles. The van der Waals surface area contributed by atoms with Gasteiger partial charge in [0.2, 0.25) is 0 Å². The van der Waals surface area contributed by atoms with Crippen LogP contribution in [0.5, 0.6) is 0 Å². The van der Waals surface area contributed by atoms with Crippen LogP contribution in [0.1, 0.15) is 18.4 Å². The van der Waals surface area contributed by atoms with E-state index in [4.69, 9.17) is 4.74 Å². The van der Waals surface area contributed by atoms with E-state index < -0.39 is 5.54 Å². The summed E-state index contributed by atoms with van der Waals surface area (Å²) in [5, 5.41) is 5.76. The number of aromatic nitrogens is 1. The van der Waals surface area contributed by atoms with Gasteiger partial charge < -0.3 is 15.4 Å². The highest BCUT2D eigenvalue weighted by Gasteiger charge is 2.51. The van der Waals surface area contributed by atoms with Crippen molar-refractivity contribution in [3.63, 3.8) is 0 Å². The predicted octanol–water partition coefficient (Wildman–Crippen LogP) is 0.724. The Labute approximate surface area is 122 Å². The fourth-order valence-electron chi connectivity index (χ4n) is 2.73. The van der Waals surface area contributed by atoms with Crippen molar-refractivity contribution >= 4 is 17.8 Å². The SMILES string of the molecule is CNc1ccc(CN2C(=O)NC3(CCOCC3)C2=O)cn1. The van der Waals surface area contributed by atoms with Gasteiger partial charge in [-0.15, -0.1) is 0 Å². The van der Waals surface area contributed by atoms with E-state index >= 15 is 0 Å². The van der Waals surface area contributed by atoms with E-state index in [-0.39, 0.29) is 18.5 Å². The number of anilines is 1. The number of carbonyl (C=O) groups is 2. The summed E-state index contributed by atoms with van der Waals surface area (Å²) in [6.07, 6.45) is 2.73. The number of hydrogen-bond donors (Lipinski definition) is 2. The third-order valence-corrected chi connectivity index (χ3v) is 4.01. The van der Waals surface area contributed by atoms with Gasteiger partial charge in [-0.2, -0.15) is 0 Å². The molecule has 0 aliphatic carbocycles. The Bertz CT molecular complexity index is 552. The number of pyridine rings is 1. The summed E-state index contributed by atoms with van der Waals surface area (Å²) in [6.45, 7) is 1.24. The highest BCUT2D eigenvalue weighted by molar-refractivity contribution is 6.07. The van der Waals surface area contributed by atoms with Gasteiger partial charge in [-0.1, -0.05) is 6.07 Å². The highest BCUT2D eigenvalue weighted by Crippen LogP contribution is 2.29. The maximum Gasteiger partial charge on any atom is 0.325 e. The number of ether oxygens (including phenoxy) is 1. The molecule has 0 unspecified atom stereocenters. The lowest BCUT2D eigenvalue weighted by Crippen LogP contribution is -2.51. The molecule has 2 saturated heterocycles. The van der Waals surface area contributed by atoms with E-state index in [9.17, 15) is 9.59 Å². The molecule has 3 rings (SSSR count). The van der Waals surface area contributed by atoms with Crippen molar-refractivity contribution in [1.29, 1.82) is 0 Å². The van der Waals surface area contributed by atoms with E-state index in [0.717, 1.165) is 11.4 Å². The van der Waals surface area contributed by atoms with E-state index in [1.807, 2.05) is 12.1 Å². The van der Waals surface area contributed by atoms with Gasteiger partial charge in [0.15, 0.2) is 0 Å². The Morgan fingerprint density at radius 2 is 2.14 bits per heavy atom. The van der Waals surface area contributed by atoms with Crippen molar-refractivity contribution in [2.24, 2.45) is 0 Å². The van der Waals surface area contributed by atoms with Crippen LogP contribution in [0.2, 0.25) is 0 Å². The van der Waals surface area contributed by atoms with E-state index in [1.165, 1.54) is 4.90 Å². The number of hydrogen-bond acceptors (Lipinski definition) is 5. The standard InChI is InChI=1S/C14H18N4O3/c1-15-11-3-2-10(8-16-11)9-18-12(19)14(17-13(18)20)4-6-21-7-5-14/h2-3,8H,4-7,9H2,1H3,(H,15,16)(H,17,20). The number of nitrogens with one attached hydrogen (secondary N) is 2. The molecular formula is C14H18N4O3. The van der Waals surface area contributed by atoms with Gasteiger partial charge in [-0.05, 0) is 11.6 Å². The molecule has 1 spiro atoms. The maximum absolute atomic E-state index is 12.6. The van der Waals surface area contributed by atoms with Crippen LogP contribution < -0.4 is 10.6 Å². The molecule has 0 atom stereocenters. The van der Waals surface area contributed by atoms with Crippen LogP contribution in [0.25, 0.3) is 0 Å². The summed E-state index contributed by atoms with van der Waals surface area (Å²) < 4.78 is 5.28. The van der Waals surface area contributed by atoms with Gasteiger partial charge in [0.1, 0.15) is 11.4 Å². The quantitative estimate of drug-likeness (QED) is 0.802. The van der Waals surface area contributed by atoms with Crippen LogP contribution >= 0.6 is 0 Å². The Kier molecular flexibility index (Phi) is 3.50. The van der Waals surface area contributed by atoms with Gasteiger partial charge in [0.25, 0.3) is 5.91 Å². The third kappa shape index (κ3) is 2.44. The zero-order valence-electron chi connectivity index (χ0n) is 11.9. The molecule has 0 bridgehead atoms. The molecule has 3 amide bonds. The summed E-state index contributed by atoms with van der Waals surface area (Å²) in [7, 11) is 1.79. The van der Waals surface area contributed by atoms with Crippen molar-refractivity contribution in [2.45, 2.75) is 24.9 Å². The van der Waals surface area contributed by atoms with Crippen molar-refractivity contribution < 1.29 is 14.3 Å². The molecule has 2 N–H and O–H groups in total. The van der Waals surface area contributed by atoms with Crippen molar-refractivity contribution in [3.8, 4) is 0 Å². The first-order valence-corrected chi connectivity index (χ1v) is 6.99. The van der Waals surface area contributed by atoms with Crippen LogP contribution in [0.3, 0.4) is 0 Å². The second-order valence-electron chi connectivity index (χ2n) is 5.32. The molecule has 7 heteroatoms. The van der Waals surface area contributed by atoms with Crippen molar-refractivity contribution in [2.75, 3.05) is 25.6 Å². The number of imide groups is 1. The van der Waals surface area contributed by atoms with Gasteiger partial charge in [-0.25, -0.2) is 9.78 Å². The van der Waals surface area contributed by atoms with Crippen LogP contribution in [0.4, 0.5) is 10.6 Å². The molecule has 112 valence electrons. The molecule has 2 aliphatic rings. The number of urea groups is 1. The summed E-state index contributed by atoms with van der Waals surface area (Å²) in [4.78, 5) is 30.1. The average Bonchev–Trinajstić information content (AvgIpc) is 2.73. The number of nitrogens with zero attached hydrogens (tertiary/aromatic N) is 2. The monoisotopic (exact) mass is 290 g/mol. The maximum atomic E-state index is 12.6. The summed E-state index contributed by atoms with van der Waals surface area (Å²) in [5.74, 6) is 0.588. The fourth-order valence-corrected chi connectivity index (χ4v) is 2.73. The lowest BCUT2D eigenvalue weighted by molar-refractivity contribution is -0.134. The molecule has 21 heavy (non-hydrogen) atoms. The molecule has 0 radical (unpaired) electrons. The number of carbonyl (C=O) groups excluding carboxylic acids is 2. The average molecular weight is 290 g/mol. The molecule has 1 aromatic heterocycles. The highest BCUT2D eigenvalue weighted by atomic mass is 16.5. The van der Waals surface area contributed by atoms with Gasteiger partial charge >= 0.3 is 6.03 Å². The Hall–Kier alpha value is -2.15. The van der Waals surface area contributed by atoms with Crippen molar-refractivity contribution in [3.05, 3.63) is 23.9 Å². The van der Waals surface area contributed by atoms with Crippen molar-refractivity contribution in [1.82, 2.24) is 15.2 Å². The van der Waals surface area contributed by atoms with Crippen LogP contribution in [0, 0.1) is 0 Å². The minimum absolute atomic E-state index is 0.159. The second-order valence-corrected chi connectivity index (χ2v) is 5.32. The topological polar surface area (TPSA) is 83.6 Å². The van der Waals surface area contributed by atoms with E-state index in [1.54, 1.807) is 13.2 Å². The zero-order valence-corrected chi connectivity index (χ0v) is 11.9. The van der Waals surface area contributed by atoms with E-state index in [0.29, 0.717) is 26.1 Å². The van der Waals surface area contributed by atoms with E-state index in [2.05, 4.69) is 15.6 Å². The van der Waals surface area contributed by atoms with Gasteiger partial charge in [0.05, 0.1) is 6.54 Å². The lowest BCUT2D eigenvalue weighted by Gasteiger charge is -2.30. The predicted molar refractivity (Wildman–Crippen MR) is 75.6 cm³/mol. The fraction of sp³-hybridized carbons (Fsp3) is 0.500. The molecule has 7 nitrogen and oxygen atoms in total. The summed E-state index contributed by atoms with van der Waals surface area (Å²) >= 11 is 0. The molecule has 2 fully saturated rings. The largest absolute Gasteiger partial charge is 0.381 e. The molecule has 2 aliphatic heterocycles. The molecular weight excluding hydrogens is 272 g/mol. The first-order chi connectivity index (χ1) is 10.1. The molecule has 3 heterocycles. The van der Waals surface area contributed by atoms with Gasteiger partial charge in [-0.3, -0.25) is 9.69 Å². The minimum Gasteiger partial charge on any atom is -0.381 e. The lowest BCUT2D eigenvalue weighted by atomic mass is 9.90. The first-order valence-electron chi connectivity index (χ1n) is 6.99. The number of amides is 3. The Morgan fingerprint density at radius 1 is 1.38 bits per heavy atom. The Morgan fingerprint density at radius 3 is 2.76 bits per heavy atom. The summed E-state index contributed by atoms with van der Waals surface area (Å²) in [5.41, 5.74) is 0.0508. The molecule has 0 aromatic carbocycles. The second kappa shape index (κ2) is 5.33. The summed E-state index contributed by atoms with van der Waals surface area (Å²) in [6, 6.07) is 3.34. The first kappa shape index (κ1) is 13.8. The Balaban J connectivity index is 1.75. The van der Waals surface area contributed by atoms with Crippen LogP contribution in [-0.2, 0) is 16.1 Å². The number of rotatable bonds is 3. The minimum atomic E-state index is -0.770. The third-order valence-electron chi connectivity index (χ3n) is 4.01. The normalized spacial score (nSPS) is 20.7. The van der Waals surface area contributed by atoms with Crippen LogP contribution in [-0.4, -0.2) is 47.6 Å². The smallest absolute Gasteiger partial charge is 0.325 e. The molecule has 1 aromatic rings.